The highest BCUT2D eigenvalue weighted by atomic mass is 14.9. The summed E-state index contributed by atoms with van der Waals surface area (Å²) in [6, 6.07) is 0.668. The molecule has 0 radical (unpaired) electrons. The number of nitrogens with one attached hydrogen (secondary N) is 1. The van der Waals surface area contributed by atoms with Crippen LogP contribution in [-0.2, 0) is 0 Å². The zero-order valence-electron chi connectivity index (χ0n) is 18.3. The number of hydrogen-bond donors (Lipinski definition) is 1. The minimum absolute atomic E-state index is 0.497. The summed E-state index contributed by atoms with van der Waals surface area (Å²) in [6.07, 6.45) is 15.8. The molecular weight excluding hydrogens is 302 g/mol. The molecule has 1 saturated heterocycles. The molecule has 1 heteroatoms. The van der Waals surface area contributed by atoms with E-state index in [4.69, 9.17) is 0 Å². The quantitative estimate of drug-likeness (QED) is 0.534. The van der Waals surface area contributed by atoms with Crippen molar-refractivity contribution >= 4 is 0 Å². The Morgan fingerprint density at radius 2 is 1.72 bits per heavy atom. The average Bonchev–Trinajstić information content (AvgIpc) is 2.58. The minimum atomic E-state index is 0.497. The van der Waals surface area contributed by atoms with E-state index in [1.807, 2.05) is 0 Å². The van der Waals surface area contributed by atoms with Crippen molar-refractivity contribution in [3.63, 3.8) is 0 Å². The van der Waals surface area contributed by atoms with Crippen LogP contribution >= 0.6 is 0 Å². The van der Waals surface area contributed by atoms with Crippen LogP contribution in [-0.4, -0.2) is 12.6 Å². The Labute approximate surface area is 159 Å². The molecule has 0 aromatic rings. The highest BCUT2D eigenvalue weighted by Gasteiger charge is 2.46. The van der Waals surface area contributed by atoms with Crippen LogP contribution in [0.3, 0.4) is 0 Å². The maximum Gasteiger partial charge on any atom is 0.00955 e. The van der Waals surface area contributed by atoms with Crippen LogP contribution in [0.5, 0.6) is 0 Å². The Balaban J connectivity index is 2.31. The van der Waals surface area contributed by atoms with Gasteiger partial charge >= 0.3 is 0 Å². The first kappa shape index (κ1) is 21.3. The molecule has 1 heterocycles. The molecule has 1 aliphatic heterocycles. The fourth-order valence-electron chi connectivity index (χ4n) is 5.95. The normalized spacial score (nSPS) is 36.8. The van der Waals surface area contributed by atoms with Crippen molar-refractivity contribution in [1.29, 1.82) is 0 Å². The first-order valence-electron chi connectivity index (χ1n) is 11.5. The molecular formula is C24H47N. The third-order valence-corrected chi connectivity index (χ3v) is 8.32. The fraction of sp³-hybridized carbons (Fsp3) is 1.00. The lowest BCUT2D eigenvalue weighted by Crippen LogP contribution is -2.51. The Bertz CT molecular complexity index is 384. The Morgan fingerprint density at radius 3 is 2.32 bits per heavy atom. The summed E-state index contributed by atoms with van der Waals surface area (Å²) < 4.78 is 0. The molecule has 2 aliphatic rings. The third-order valence-electron chi connectivity index (χ3n) is 8.32. The van der Waals surface area contributed by atoms with Crippen LogP contribution in [0.1, 0.15) is 112 Å². The summed E-state index contributed by atoms with van der Waals surface area (Å²) in [4.78, 5) is 0. The number of hydrogen-bond acceptors (Lipinski definition) is 1. The van der Waals surface area contributed by atoms with Gasteiger partial charge in [-0.1, -0.05) is 73.1 Å². The topological polar surface area (TPSA) is 12.0 Å². The van der Waals surface area contributed by atoms with Crippen LogP contribution in [0.2, 0.25) is 0 Å². The maximum atomic E-state index is 3.97. The molecule has 25 heavy (non-hydrogen) atoms. The predicted octanol–water partition coefficient (Wildman–Crippen LogP) is 7.20. The summed E-state index contributed by atoms with van der Waals surface area (Å²) in [6.45, 7) is 16.2. The van der Waals surface area contributed by atoms with Gasteiger partial charge in [0.05, 0.1) is 0 Å². The molecule has 1 aliphatic carbocycles. The maximum absolute atomic E-state index is 3.97. The Kier molecular flexibility index (Phi) is 7.86. The summed E-state index contributed by atoms with van der Waals surface area (Å²) in [5.74, 6) is 2.63. The lowest BCUT2D eigenvalue weighted by Gasteiger charge is -2.52. The van der Waals surface area contributed by atoms with Crippen molar-refractivity contribution in [2.75, 3.05) is 6.54 Å². The molecule has 0 bridgehead atoms. The molecule has 148 valence electrons. The van der Waals surface area contributed by atoms with E-state index < -0.39 is 0 Å². The van der Waals surface area contributed by atoms with Crippen LogP contribution in [0.25, 0.3) is 0 Å². The van der Waals surface area contributed by atoms with E-state index in [-0.39, 0.29) is 0 Å². The zero-order valence-corrected chi connectivity index (χ0v) is 18.3. The summed E-state index contributed by atoms with van der Waals surface area (Å²) >= 11 is 0. The molecule has 1 saturated carbocycles. The smallest absolute Gasteiger partial charge is 0.00955 e. The molecule has 4 unspecified atom stereocenters. The van der Waals surface area contributed by atoms with Gasteiger partial charge < -0.3 is 5.32 Å². The zero-order chi connectivity index (χ0) is 18.5. The lowest BCUT2D eigenvalue weighted by molar-refractivity contribution is 0.00560. The van der Waals surface area contributed by atoms with Gasteiger partial charge in [0.15, 0.2) is 0 Å². The van der Waals surface area contributed by atoms with Crippen molar-refractivity contribution < 1.29 is 0 Å². The van der Waals surface area contributed by atoms with Gasteiger partial charge in [0.25, 0.3) is 0 Å². The van der Waals surface area contributed by atoms with Crippen molar-refractivity contribution in [3.8, 4) is 0 Å². The first-order valence-corrected chi connectivity index (χ1v) is 11.5. The highest BCUT2D eigenvalue weighted by molar-refractivity contribution is 4.98. The van der Waals surface area contributed by atoms with Gasteiger partial charge in [-0.05, 0) is 74.2 Å². The minimum Gasteiger partial charge on any atom is -0.314 e. The van der Waals surface area contributed by atoms with Crippen molar-refractivity contribution in [2.45, 2.75) is 118 Å². The lowest BCUT2D eigenvalue weighted by atomic mass is 9.56. The van der Waals surface area contributed by atoms with Crippen molar-refractivity contribution in [2.24, 2.45) is 28.6 Å². The van der Waals surface area contributed by atoms with Gasteiger partial charge in [-0.15, -0.1) is 0 Å². The van der Waals surface area contributed by atoms with E-state index in [9.17, 15) is 0 Å². The van der Waals surface area contributed by atoms with E-state index in [2.05, 4.69) is 46.9 Å². The summed E-state index contributed by atoms with van der Waals surface area (Å²) in [5.41, 5.74) is 1.01. The number of rotatable bonds is 6. The van der Waals surface area contributed by atoms with Gasteiger partial charge in [0, 0.05) is 6.04 Å². The van der Waals surface area contributed by atoms with Gasteiger partial charge in [-0.3, -0.25) is 0 Å². The van der Waals surface area contributed by atoms with Gasteiger partial charge in [-0.2, -0.15) is 0 Å². The van der Waals surface area contributed by atoms with E-state index in [0.29, 0.717) is 16.9 Å². The van der Waals surface area contributed by atoms with E-state index in [0.717, 1.165) is 17.8 Å². The van der Waals surface area contributed by atoms with Gasteiger partial charge in [0.1, 0.15) is 0 Å². The molecule has 0 amide bonds. The molecule has 1 nitrogen and oxygen atoms in total. The Hall–Kier alpha value is -0.0400. The molecule has 2 rings (SSSR count). The molecule has 0 aromatic carbocycles. The Morgan fingerprint density at radius 1 is 1.04 bits per heavy atom. The molecule has 1 N–H and O–H groups in total. The fourth-order valence-corrected chi connectivity index (χ4v) is 5.95. The van der Waals surface area contributed by atoms with Gasteiger partial charge in [-0.25, -0.2) is 0 Å². The molecule has 4 atom stereocenters. The van der Waals surface area contributed by atoms with E-state index >= 15 is 0 Å². The van der Waals surface area contributed by atoms with Gasteiger partial charge in [0.2, 0.25) is 0 Å². The van der Waals surface area contributed by atoms with Crippen molar-refractivity contribution in [3.05, 3.63) is 0 Å². The largest absolute Gasteiger partial charge is 0.314 e. The standard InChI is InChI=1S/C24H47N/c1-7-20(4)16-24(17-22-12-9-8-10-13-22)18-23(6,19(2)3)14-11-15-25-21(24)5/h19-22,25H,7-18H2,1-6H3. The van der Waals surface area contributed by atoms with Crippen LogP contribution < -0.4 is 5.32 Å². The van der Waals surface area contributed by atoms with Crippen LogP contribution in [0, 0.1) is 28.6 Å². The van der Waals surface area contributed by atoms with Crippen molar-refractivity contribution in [1.82, 2.24) is 5.32 Å². The summed E-state index contributed by atoms with van der Waals surface area (Å²) in [5, 5.41) is 3.97. The summed E-state index contributed by atoms with van der Waals surface area (Å²) in [7, 11) is 0. The first-order chi connectivity index (χ1) is 11.8. The van der Waals surface area contributed by atoms with Crippen LogP contribution in [0.4, 0.5) is 0 Å². The molecule has 2 fully saturated rings. The molecule has 0 spiro atoms. The third kappa shape index (κ3) is 5.47. The second kappa shape index (κ2) is 9.25. The highest BCUT2D eigenvalue weighted by Crippen LogP contribution is 2.52. The average molecular weight is 350 g/mol. The second-order valence-corrected chi connectivity index (χ2v) is 10.6. The predicted molar refractivity (Wildman–Crippen MR) is 112 cm³/mol. The van der Waals surface area contributed by atoms with E-state index in [1.54, 1.807) is 0 Å². The van der Waals surface area contributed by atoms with E-state index in [1.165, 1.54) is 77.2 Å². The molecule has 0 aromatic heterocycles. The monoisotopic (exact) mass is 349 g/mol. The second-order valence-electron chi connectivity index (χ2n) is 10.6. The van der Waals surface area contributed by atoms with Crippen LogP contribution in [0.15, 0.2) is 0 Å². The SMILES string of the molecule is CCC(C)CC1(CC2CCCCC2)CC(C)(C(C)C)CCCNC1C.